The smallest absolute Gasteiger partial charge is 0.475 e. The van der Waals surface area contributed by atoms with Crippen LogP contribution in [-0.4, -0.2) is 72.7 Å². The van der Waals surface area contributed by atoms with Crippen LogP contribution in [0.25, 0.3) is 5.65 Å². The van der Waals surface area contributed by atoms with Crippen LogP contribution in [0, 0.1) is 0 Å². The Hall–Kier alpha value is -3.89. The van der Waals surface area contributed by atoms with E-state index in [4.69, 9.17) is 9.90 Å². The molecule has 2 atom stereocenters. The lowest BCUT2D eigenvalue weighted by atomic mass is 10.1. The van der Waals surface area contributed by atoms with E-state index in [0.717, 1.165) is 24.0 Å². The molecule has 1 saturated heterocycles. The molecule has 3 N–H and O–H groups in total. The number of nitrogens with one attached hydrogen (secondary N) is 2. The summed E-state index contributed by atoms with van der Waals surface area (Å²) < 4.78 is 73.7. The number of nitrogens with zero attached hydrogens (tertiary/aromatic N) is 6. The number of hydrogen-bond donors (Lipinski definition) is 3. The van der Waals surface area contributed by atoms with Crippen molar-refractivity contribution < 1.29 is 41.0 Å². The Labute approximate surface area is 205 Å². The number of carboxylic acid groups (broad SMARTS) is 1. The van der Waals surface area contributed by atoms with Gasteiger partial charge in [-0.1, -0.05) is 0 Å². The molecule has 1 fully saturated rings. The number of amides is 1. The molecule has 17 heteroatoms. The summed E-state index contributed by atoms with van der Waals surface area (Å²) >= 11 is 0. The first-order valence-electron chi connectivity index (χ1n) is 10.6. The van der Waals surface area contributed by atoms with Gasteiger partial charge in [-0.05, 0) is 19.9 Å². The number of rotatable bonds is 3. The lowest BCUT2D eigenvalue weighted by Gasteiger charge is -2.38. The van der Waals surface area contributed by atoms with E-state index in [1.54, 1.807) is 12.3 Å². The van der Waals surface area contributed by atoms with Gasteiger partial charge in [-0.15, -0.1) is 0 Å². The molecule has 37 heavy (non-hydrogen) atoms. The predicted octanol–water partition coefficient (Wildman–Crippen LogP) is 2.55. The van der Waals surface area contributed by atoms with E-state index in [-0.39, 0.29) is 23.3 Å². The lowest BCUT2D eigenvalue weighted by Crippen LogP contribution is -2.54. The van der Waals surface area contributed by atoms with Gasteiger partial charge in [0, 0.05) is 44.6 Å². The molecule has 202 valence electrons. The number of alkyl halides is 6. The zero-order chi connectivity index (χ0) is 27.7. The Morgan fingerprint density at radius 2 is 1.84 bits per heavy atom. The van der Waals surface area contributed by atoms with Crippen molar-refractivity contribution >= 4 is 29.0 Å². The highest BCUT2D eigenvalue weighted by molar-refractivity contribution is 6.08. The summed E-state index contributed by atoms with van der Waals surface area (Å²) in [5, 5.41) is 20.3. The highest BCUT2D eigenvalue weighted by Crippen LogP contribution is 2.33. The molecule has 0 unspecified atom stereocenters. The lowest BCUT2D eigenvalue weighted by molar-refractivity contribution is -0.192. The first-order valence-corrected chi connectivity index (χ1v) is 10.6. The van der Waals surface area contributed by atoms with Crippen LogP contribution in [0.5, 0.6) is 0 Å². The van der Waals surface area contributed by atoms with E-state index >= 15 is 0 Å². The van der Waals surface area contributed by atoms with E-state index < -0.39 is 35.6 Å². The van der Waals surface area contributed by atoms with Crippen LogP contribution < -0.4 is 15.5 Å². The Morgan fingerprint density at radius 1 is 1.19 bits per heavy atom. The van der Waals surface area contributed by atoms with E-state index in [1.165, 1.54) is 17.8 Å². The monoisotopic (exact) mass is 536 g/mol. The maximum atomic E-state index is 13.2. The standard InChI is InChI=1S/C18H21F3N8O.C2HF3O2/c1-10-8-28(11(2)6-22-10)14-4-5-29-16(25-14)12(7-23-29)17(30)24-13-9-27(3)26-15(13)18(19,20)21;3-2(4,5)1(6)7/h4-5,7,9-11,22H,6,8H2,1-3H3,(H,24,30);(H,6,7)/t10-,11-;/m0./s1. The number of fused-ring (bicyclic) bond motifs is 1. The van der Waals surface area contributed by atoms with Crippen molar-refractivity contribution in [2.24, 2.45) is 7.05 Å². The molecule has 0 aliphatic carbocycles. The van der Waals surface area contributed by atoms with Crippen LogP contribution in [0.1, 0.15) is 29.9 Å². The van der Waals surface area contributed by atoms with Crippen molar-refractivity contribution in [1.29, 1.82) is 0 Å². The molecule has 0 aromatic carbocycles. The number of carbonyl (C=O) groups excluding carboxylic acids is 1. The molecule has 1 aliphatic rings. The molecular formula is C20H22F6N8O3. The Bertz CT molecular complexity index is 1290. The van der Waals surface area contributed by atoms with Gasteiger partial charge in [0.05, 0.1) is 11.9 Å². The van der Waals surface area contributed by atoms with E-state index in [9.17, 15) is 31.1 Å². The van der Waals surface area contributed by atoms with Gasteiger partial charge >= 0.3 is 18.3 Å². The topological polar surface area (TPSA) is 130 Å². The Balaban J connectivity index is 0.000000479. The molecule has 3 aromatic rings. The van der Waals surface area contributed by atoms with Crippen molar-refractivity contribution in [2.45, 2.75) is 38.3 Å². The van der Waals surface area contributed by atoms with Gasteiger partial charge in [0.2, 0.25) is 0 Å². The number of hydrogen-bond acceptors (Lipinski definition) is 7. The molecule has 0 saturated carbocycles. The van der Waals surface area contributed by atoms with E-state index in [0.29, 0.717) is 5.82 Å². The van der Waals surface area contributed by atoms with E-state index in [1.807, 2.05) is 0 Å². The van der Waals surface area contributed by atoms with Crippen molar-refractivity contribution in [3.8, 4) is 0 Å². The summed E-state index contributed by atoms with van der Waals surface area (Å²) in [4.78, 5) is 28.3. The Kier molecular flexibility index (Phi) is 7.66. The molecule has 3 aromatic heterocycles. The average molecular weight is 536 g/mol. The molecule has 1 aliphatic heterocycles. The fourth-order valence-electron chi connectivity index (χ4n) is 3.50. The quantitative estimate of drug-likeness (QED) is 0.436. The first-order chi connectivity index (χ1) is 17.1. The van der Waals surface area contributed by atoms with Crippen molar-refractivity contribution in [1.82, 2.24) is 29.7 Å². The van der Waals surface area contributed by atoms with Crippen molar-refractivity contribution in [3.63, 3.8) is 0 Å². The second-order valence-corrected chi connectivity index (χ2v) is 8.24. The normalized spacial score (nSPS) is 18.4. The fraction of sp³-hybridized carbons (Fsp3) is 0.450. The molecule has 11 nitrogen and oxygen atoms in total. The van der Waals surface area contributed by atoms with Gasteiger partial charge in [0.25, 0.3) is 5.91 Å². The number of aryl methyl sites for hydroxylation is 1. The molecule has 4 heterocycles. The van der Waals surface area contributed by atoms with Gasteiger partial charge in [0.1, 0.15) is 11.4 Å². The number of piperazine rings is 1. The van der Waals surface area contributed by atoms with Crippen LogP contribution in [0.15, 0.2) is 24.7 Å². The summed E-state index contributed by atoms with van der Waals surface area (Å²) in [6.45, 7) is 5.67. The number of halogens is 6. The number of carboxylic acids is 1. The van der Waals surface area contributed by atoms with Crippen LogP contribution >= 0.6 is 0 Å². The third-order valence-corrected chi connectivity index (χ3v) is 5.25. The molecule has 0 bridgehead atoms. The first kappa shape index (κ1) is 27.7. The maximum absolute atomic E-state index is 13.2. The molecule has 4 rings (SSSR count). The van der Waals surface area contributed by atoms with Crippen LogP contribution in [0.4, 0.5) is 37.8 Å². The van der Waals surface area contributed by atoms with Crippen LogP contribution in [0.3, 0.4) is 0 Å². The van der Waals surface area contributed by atoms with Gasteiger partial charge in [-0.3, -0.25) is 9.48 Å². The highest BCUT2D eigenvalue weighted by atomic mass is 19.4. The van der Waals surface area contributed by atoms with E-state index in [2.05, 4.69) is 44.6 Å². The Morgan fingerprint density at radius 3 is 2.43 bits per heavy atom. The third-order valence-electron chi connectivity index (χ3n) is 5.25. The van der Waals surface area contributed by atoms with Crippen molar-refractivity contribution in [2.75, 3.05) is 23.3 Å². The summed E-state index contributed by atoms with van der Waals surface area (Å²) in [5.41, 5.74) is -1.24. The molecular weight excluding hydrogens is 514 g/mol. The summed E-state index contributed by atoms with van der Waals surface area (Å²) in [6.07, 6.45) is -5.70. The minimum atomic E-state index is -5.08. The van der Waals surface area contributed by atoms with Gasteiger partial charge in [-0.25, -0.2) is 14.3 Å². The van der Waals surface area contributed by atoms with Crippen LogP contribution in [-0.2, 0) is 18.0 Å². The minimum Gasteiger partial charge on any atom is -0.475 e. The summed E-state index contributed by atoms with van der Waals surface area (Å²) in [7, 11) is 1.35. The summed E-state index contributed by atoms with van der Waals surface area (Å²) in [5.74, 6) is -2.82. The number of anilines is 2. The zero-order valence-electron chi connectivity index (χ0n) is 19.6. The zero-order valence-corrected chi connectivity index (χ0v) is 19.6. The largest absolute Gasteiger partial charge is 0.490 e. The van der Waals surface area contributed by atoms with Crippen molar-refractivity contribution in [3.05, 3.63) is 35.9 Å². The number of aliphatic carboxylic acids is 1. The summed E-state index contributed by atoms with van der Waals surface area (Å²) in [6, 6.07) is 2.28. The second kappa shape index (κ2) is 10.2. The number of carbonyl (C=O) groups is 2. The third kappa shape index (κ3) is 6.46. The fourth-order valence-corrected chi connectivity index (χ4v) is 3.50. The SMILES string of the molecule is C[C@H]1CN(c2ccn3ncc(C(=O)Nc4cn(C)nc4C(F)(F)F)c3n2)[C@@H](C)CN1.O=C(O)C(F)(F)F. The maximum Gasteiger partial charge on any atom is 0.490 e. The number of aromatic nitrogens is 5. The van der Waals surface area contributed by atoms with Crippen LogP contribution in [0.2, 0.25) is 0 Å². The average Bonchev–Trinajstić information content (AvgIpc) is 3.37. The van der Waals surface area contributed by atoms with Gasteiger partial charge in [0.15, 0.2) is 11.3 Å². The van der Waals surface area contributed by atoms with Gasteiger partial charge in [-0.2, -0.15) is 36.5 Å². The molecule has 0 spiro atoms. The second-order valence-electron chi connectivity index (χ2n) is 8.24. The predicted molar refractivity (Wildman–Crippen MR) is 117 cm³/mol. The minimum absolute atomic E-state index is 0.0738. The molecule has 0 radical (unpaired) electrons. The van der Waals surface area contributed by atoms with Gasteiger partial charge < -0.3 is 20.6 Å². The molecule has 1 amide bonds. The highest BCUT2D eigenvalue weighted by Gasteiger charge is 2.39.